The van der Waals surface area contributed by atoms with E-state index in [4.69, 9.17) is 11.5 Å². The number of rotatable bonds is 15. The summed E-state index contributed by atoms with van der Waals surface area (Å²) in [6.07, 6.45) is 0.0440. The third kappa shape index (κ3) is 9.79. The molecule has 1 unspecified atom stereocenters. The van der Waals surface area contributed by atoms with Gasteiger partial charge in [0.2, 0.25) is 17.6 Å². The van der Waals surface area contributed by atoms with Gasteiger partial charge < -0.3 is 27.2 Å². The van der Waals surface area contributed by atoms with E-state index in [1.807, 2.05) is 0 Å². The van der Waals surface area contributed by atoms with Gasteiger partial charge in [0.05, 0.1) is 12.1 Å². The first-order valence-corrected chi connectivity index (χ1v) is 13.1. The highest BCUT2D eigenvalue weighted by molar-refractivity contribution is 6.41. The number of carboxylic acid groups (broad SMARTS) is 1. The lowest BCUT2D eigenvalue weighted by atomic mass is 9.95. The zero-order valence-electron chi connectivity index (χ0n) is 24.1. The number of ketones is 1. The summed E-state index contributed by atoms with van der Waals surface area (Å²) >= 11 is 0. The molecule has 12 nitrogen and oxygen atoms in total. The Morgan fingerprint density at radius 1 is 0.763 bits per heavy atom. The van der Waals surface area contributed by atoms with Crippen molar-refractivity contribution in [2.45, 2.75) is 105 Å². The zero-order valence-corrected chi connectivity index (χ0v) is 24.1. The summed E-state index contributed by atoms with van der Waals surface area (Å²) in [7, 11) is 0. The molecule has 0 aromatic rings. The van der Waals surface area contributed by atoms with Crippen LogP contribution in [0.5, 0.6) is 0 Å². The summed E-state index contributed by atoms with van der Waals surface area (Å²) < 4.78 is 0. The van der Waals surface area contributed by atoms with E-state index in [2.05, 4.69) is 10.6 Å². The molecular weight excluding hydrogens is 494 g/mol. The largest absolute Gasteiger partial charge is 0.480 e. The molecule has 0 bridgehead atoms. The predicted octanol–water partition coefficient (Wildman–Crippen LogP) is 0.412. The maximum Gasteiger partial charge on any atom is 0.326 e. The van der Waals surface area contributed by atoms with Crippen LogP contribution in [0.1, 0.15) is 75.2 Å². The van der Waals surface area contributed by atoms with Crippen molar-refractivity contribution in [3.63, 3.8) is 0 Å². The molecule has 218 valence electrons. The van der Waals surface area contributed by atoms with Crippen molar-refractivity contribution >= 4 is 35.4 Å². The molecule has 0 aliphatic carbocycles. The van der Waals surface area contributed by atoms with Crippen LogP contribution in [-0.2, 0) is 28.8 Å². The Hall–Kier alpha value is -2.86. The number of nitrogens with two attached hydrogens (primary N) is 2. The number of hydrogen-bond acceptors (Lipinski definition) is 8. The van der Waals surface area contributed by atoms with Crippen LogP contribution in [0.15, 0.2) is 0 Å². The third-order valence-electron chi connectivity index (χ3n) is 6.23. The number of nitrogens with zero attached hydrogens (tertiary/aromatic N) is 1. The van der Waals surface area contributed by atoms with Gasteiger partial charge in [0.1, 0.15) is 18.1 Å². The molecule has 0 radical (unpaired) electrons. The Morgan fingerprint density at radius 2 is 1.24 bits per heavy atom. The molecule has 7 N–H and O–H groups in total. The van der Waals surface area contributed by atoms with Gasteiger partial charge in [-0.2, -0.15) is 0 Å². The molecule has 0 aliphatic rings. The number of aliphatic carboxylic acids is 1. The average molecular weight is 542 g/mol. The van der Waals surface area contributed by atoms with Gasteiger partial charge in [-0.3, -0.25) is 28.9 Å². The first-order chi connectivity index (χ1) is 17.4. The first-order valence-electron chi connectivity index (χ1n) is 13.1. The molecule has 0 aromatic carbocycles. The molecule has 0 heterocycles. The second kappa shape index (κ2) is 15.5. The first kappa shape index (κ1) is 35.1. The minimum Gasteiger partial charge on any atom is -0.480 e. The Morgan fingerprint density at radius 3 is 1.61 bits per heavy atom. The van der Waals surface area contributed by atoms with E-state index in [-0.39, 0.29) is 24.7 Å². The van der Waals surface area contributed by atoms with Crippen LogP contribution in [0.3, 0.4) is 0 Å². The normalized spacial score (nSPS) is 15.6. The van der Waals surface area contributed by atoms with Crippen LogP contribution < -0.4 is 22.1 Å². The lowest BCUT2D eigenvalue weighted by Crippen LogP contribution is -2.63. The molecule has 38 heavy (non-hydrogen) atoms. The maximum absolute atomic E-state index is 13.9. The molecule has 0 aliphatic heterocycles. The van der Waals surface area contributed by atoms with E-state index in [1.54, 1.807) is 62.3 Å². The van der Waals surface area contributed by atoms with E-state index in [9.17, 15) is 33.9 Å². The quantitative estimate of drug-likeness (QED) is 0.182. The van der Waals surface area contributed by atoms with Gasteiger partial charge in [0.15, 0.2) is 0 Å². The number of imide groups is 1. The molecule has 0 fully saturated rings. The molecule has 12 heteroatoms. The predicted molar refractivity (Wildman–Crippen MR) is 142 cm³/mol. The molecule has 0 saturated heterocycles. The van der Waals surface area contributed by atoms with Gasteiger partial charge in [0.25, 0.3) is 11.8 Å². The van der Waals surface area contributed by atoms with Crippen molar-refractivity contribution in [1.29, 1.82) is 0 Å². The second-order valence-electron chi connectivity index (χ2n) is 11.1. The van der Waals surface area contributed by atoms with Gasteiger partial charge in [-0.25, -0.2) is 4.79 Å². The monoisotopic (exact) mass is 541 g/mol. The summed E-state index contributed by atoms with van der Waals surface area (Å²) in [5, 5.41) is 14.5. The van der Waals surface area contributed by atoms with Crippen LogP contribution in [0.4, 0.5) is 0 Å². The smallest absolute Gasteiger partial charge is 0.326 e. The summed E-state index contributed by atoms with van der Waals surface area (Å²) in [6, 6.07) is -6.29. The van der Waals surface area contributed by atoms with Crippen LogP contribution in [0.2, 0.25) is 0 Å². The summed E-state index contributed by atoms with van der Waals surface area (Å²) in [5.74, 6) is -7.74. The molecule has 0 spiro atoms. The van der Waals surface area contributed by atoms with E-state index < -0.39 is 77.4 Å². The summed E-state index contributed by atoms with van der Waals surface area (Å²) in [4.78, 5) is 78.7. The number of carboxylic acids is 1. The standard InChI is InChI=1S/C26H47N5O7/c1-10-16(27)21(32)25(36)31(24(35)19(14(6)7)29-23(34)18(28)13(4)5)17(11-12(2)3)22(33)30-20(15(8)9)26(37)38/h12-20H,10-11,27-28H2,1-9H3,(H,29,34)(H,30,33)(H,37,38)/t16?,17-,18-,19-,20-/m0/s1. The molecule has 0 aromatic heterocycles. The Kier molecular flexibility index (Phi) is 14.4. The van der Waals surface area contributed by atoms with Crippen molar-refractivity contribution in [3.8, 4) is 0 Å². The number of carbonyl (C=O) groups excluding carboxylic acids is 5. The van der Waals surface area contributed by atoms with Crippen molar-refractivity contribution < 1.29 is 33.9 Å². The van der Waals surface area contributed by atoms with Gasteiger partial charge >= 0.3 is 5.97 Å². The maximum atomic E-state index is 13.9. The Bertz CT molecular complexity index is 872. The van der Waals surface area contributed by atoms with Crippen LogP contribution in [-0.4, -0.2) is 75.6 Å². The second-order valence-corrected chi connectivity index (χ2v) is 11.1. The topological polar surface area (TPSA) is 202 Å². The van der Waals surface area contributed by atoms with Gasteiger partial charge in [-0.05, 0) is 36.5 Å². The Labute approximate surface area is 225 Å². The molecule has 5 atom stereocenters. The van der Waals surface area contributed by atoms with E-state index >= 15 is 0 Å². The van der Waals surface area contributed by atoms with Crippen LogP contribution in [0, 0.1) is 23.7 Å². The molecule has 0 saturated carbocycles. The van der Waals surface area contributed by atoms with Gasteiger partial charge in [-0.15, -0.1) is 0 Å². The van der Waals surface area contributed by atoms with Crippen molar-refractivity contribution in [2.24, 2.45) is 35.1 Å². The summed E-state index contributed by atoms with van der Waals surface area (Å²) in [6.45, 7) is 15.0. The van der Waals surface area contributed by atoms with E-state index in [1.165, 1.54) is 0 Å². The fourth-order valence-corrected chi connectivity index (χ4v) is 3.61. The molecular formula is C26H47N5O7. The molecule has 4 amide bonds. The Balaban J connectivity index is 6.80. The summed E-state index contributed by atoms with van der Waals surface area (Å²) in [5.41, 5.74) is 11.8. The van der Waals surface area contributed by atoms with E-state index in [0.717, 1.165) is 0 Å². The minimum atomic E-state index is -1.53. The SMILES string of the molecule is CCC(N)C(=O)C(=O)N(C(=O)[C@@H](NC(=O)[C@@H](N)C(C)C)C(C)C)[C@@H](CC(C)C)C(=O)N[C@H](C(=O)O)C(C)C. The van der Waals surface area contributed by atoms with Crippen molar-refractivity contribution in [2.75, 3.05) is 0 Å². The number of Topliss-reactive ketones (excluding diaryl/α,β-unsaturated/α-hetero) is 1. The van der Waals surface area contributed by atoms with Crippen molar-refractivity contribution in [3.05, 3.63) is 0 Å². The van der Waals surface area contributed by atoms with Crippen LogP contribution >= 0.6 is 0 Å². The fraction of sp³-hybridized carbons (Fsp3) is 0.769. The van der Waals surface area contributed by atoms with Crippen molar-refractivity contribution in [1.82, 2.24) is 15.5 Å². The lowest BCUT2D eigenvalue weighted by Gasteiger charge is -2.35. The van der Waals surface area contributed by atoms with Gasteiger partial charge in [-0.1, -0.05) is 62.3 Å². The number of hydrogen-bond donors (Lipinski definition) is 5. The highest BCUT2D eigenvalue weighted by atomic mass is 16.4. The third-order valence-corrected chi connectivity index (χ3v) is 6.23. The zero-order chi connectivity index (χ0) is 30.1. The molecule has 0 rings (SSSR count). The minimum absolute atomic E-state index is 0.0628. The van der Waals surface area contributed by atoms with Gasteiger partial charge in [0, 0.05) is 0 Å². The fourth-order valence-electron chi connectivity index (χ4n) is 3.61. The number of carbonyl (C=O) groups is 6. The highest BCUT2D eigenvalue weighted by Crippen LogP contribution is 2.19. The van der Waals surface area contributed by atoms with Crippen LogP contribution in [0.25, 0.3) is 0 Å². The average Bonchev–Trinajstić information content (AvgIpc) is 2.82. The highest BCUT2D eigenvalue weighted by Gasteiger charge is 2.44. The number of amides is 4. The lowest BCUT2D eigenvalue weighted by molar-refractivity contribution is -0.160. The number of nitrogens with one attached hydrogen (secondary N) is 2. The van der Waals surface area contributed by atoms with E-state index in [0.29, 0.717) is 4.90 Å².